The van der Waals surface area contributed by atoms with Crippen LogP contribution in [-0.2, 0) is 4.79 Å². The van der Waals surface area contributed by atoms with E-state index in [9.17, 15) is 9.90 Å². The van der Waals surface area contributed by atoms with E-state index in [0.717, 1.165) is 0 Å². The number of aliphatic hydroxyl groups is 3. The van der Waals surface area contributed by atoms with E-state index < -0.39 is 30.2 Å². The molecule has 0 aromatic heterocycles. The van der Waals surface area contributed by atoms with Gasteiger partial charge in [0.2, 0.25) is 0 Å². The van der Waals surface area contributed by atoms with Crippen molar-refractivity contribution >= 4 is 5.97 Å². The maximum atomic E-state index is 10.5. The Balaban J connectivity index is 0.00000144. The molecule has 1 saturated carbocycles. The van der Waals surface area contributed by atoms with Gasteiger partial charge < -0.3 is 25.9 Å². The van der Waals surface area contributed by atoms with Gasteiger partial charge in [0.1, 0.15) is 6.10 Å². The van der Waals surface area contributed by atoms with Gasteiger partial charge in [-0.1, -0.05) is 0 Å². The molecule has 1 aliphatic rings. The summed E-state index contributed by atoms with van der Waals surface area (Å²) < 4.78 is 0. The van der Waals surface area contributed by atoms with E-state index in [1.807, 2.05) is 0 Å². The van der Waals surface area contributed by atoms with E-state index in [1.54, 1.807) is 0 Å². The predicted octanol–water partition coefficient (Wildman–Crippen LogP) is -2.26. The average Bonchev–Trinajstić information content (AvgIpc) is 2.00. The molecule has 0 saturated heterocycles. The van der Waals surface area contributed by atoms with Crippen molar-refractivity contribution < 1.29 is 30.7 Å². The lowest BCUT2D eigenvalue weighted by molar-refractivity contribution is -0.160. The molecule has 4 unspecified atom stereocenters. The second-order valence-corrected chi connectivity index (χ2v) is 3.07. The minimum absolute atomic E-state index is 0. The topological polar surface area (TPSA) is 129 Å². The molecule has 1 rings (SSSR count). The van der Waals surface area contributed by atoms with Gasteiger partial charge in [0, 0.05) is 0 Å². The molecule has 0 bridgehead atoms. The summed E-state index contributed by atoms with van der Waals surface area (Å²) in [6.45, 7) is 0. The molecule has 0 radical (unpaired) electrons. The van der Waals surface area contributed by atoms with E-state index in [-0.39, 0.29) is 18.3 Å². The lowest BCUT2D eigenvalue weighted by atomic mass is 9.83. The third-order valence-electron chi connectivity index (χ3n) is 2.25. The number of carbonyl (C=O) groups is 1. The first-order chi connectivity index (χ1) is 5.54. The highest BCUT2D eigenvalue weighted by Crippen LogP contribution is 2.25. The van der Waals surface area contributed by atoms with E-state index in [4.69, 9.17) is 15.3 Å². The zero-order valence-electron chi connectivity index (χ0n) is 6.92. The van der Waals surface area contributed by atoms with Gasteiger partial charge in [0.25, 0.3) is 0 Å². The number of hydrogen-bond donors (Lipinski definition) is 4. The van der Waals surface area contributed by atoms with Crippen LogP contribution in [0.1, 0.15) is 12.8 Å². The molecule has 78 valence electrons. The Labute approximate surface area is 74.7 Å². The maximum Gasteiger partial charge on any atom is 0.309 e. The lowest BCUT2D eigenvalue weighted by Gasteiger charge is -2.32. The molecule has 0 aromatic rings. The van der Waals surface area contributed by atoms with Crippen LogP contribution in [0.15, 0.2) is 0 Å². The summed E-state index contributed by atoms with van der Waals surface area (Å²) in [6.07, 6.45) is -3.27. The van der Waals surface area contributed by atoms with Gasteiger partial charge >= 0.3 is 5.97 Å². The van der Waals surface area contributed by atoms with Gasteiger partial charge in [-0.05, 0) is 12.8 Å². The van der Waals surface area contributed by atoms with Crippen LogP contribution in [0.25, 0.3) is 0 Å². The van der Waals surface area contributed by atoms with Crippen molar-refractivity contribution in [2.45, 2.75) is 31.2 Å². The number of carboxylic acids is 1. The summed E-state index contributed by atoms with van der Waals surface area (Å²) in [6, 6.07) is 0. The highest BCUT2D eigenvalue weighted by molar-refractivity contribution is 5.71. The summed E-state index contributed by atoms with van der Waals surface area (Å²) in [4.78, 5) is 10.5. The van der Waals surface area contributed by atoms with Crippen molar-refractivity contribution in [3.05, 3.63) is 0 Å². The molecule has 0 aliphatic heterocycles. The number of carboxylic acid groups (broad SMARTS) is 1. The fourth-order valence-corrected chi connectivity index (χ4v) is 1.43. The Kier molecular flexibility index (Phi) is 4.28. The van der Waals surface area contributed by atoms with Crippen molar-refractivity contribution in [3.8, 4) is 0 Å². The van der Waals surface area contributed by atoms with E-state index >= 15 is 0 Å². The molecule has 13 heavy (non-hydrogen) atoms. The molecule has 6 nitrogen and oxygen atoms in total. The SMILES string of the molecule is O.O=C(O)C1CCC(O)C(O)C1O. The van der Waals surface area contributed by atoms with Crippen LogP contribution in [0, 0.1) is 5.92 Å². The quantitative estimate of drug-likeness (QED) is 0.374. The fourth-order valence-electron chi connectivity index (χ4n) is 1.43. The highest BCUT2D eigenvalue weighted by Gasteiger charge is 2.40. The Morgan fingerprint density at radius 2 is 1.62 bits per heavy atom. The van der Waals surface area contributed by atoms with Crippen LogP contribution in [0.2, 0.25) is 0 Å². The Hall–Kier alpha value is -0.690. The lowest BCUT2D eigenvalue weighted by Crippen LogP contribution is -2.48. The second-order valence-electron chi connectivity index (χ2n) is 3.07. The number of aliphatic hydroxyl groups excluding tert-OH is 3. The average molecular weight is 194 g/mol. The van der Waals surface area contributed by atoms with Crippen LogP contribution >= 0.6 is 0 Å². The van der Waals surface area contributed by atoms with Crippen LogP contribution < -0.4 is 0 Å². The van der Waals surface area contributed by atoms with Crippen LogP contribution in [-0.4, -0.2) is 50.2 Å². The monoisotopic (exact) mass is 194 g/mol. The van der Waals surface area contributed by atoms with Crippen LogP contribution in [0.5, 0.6) is 0 Å². The molecule has 4 atom stereocenters. The number of hydrogen-bond acceptors (Lipinski definition) is 4. The van der Waals surface area contributed by atoms with E-state index in [0.29, 0.717) is 0 Å². The summed E-state index contributed by atoms with van der Waals surface area (Å²) in [5.41, 5.74) is 0. The molecule has 0 heterocycles. The molecule has 6 N–H and O–H groups in total. The minimum atomic E-state index is -1.36. The molecular weight excluding hydrogens is 180 g/mol. The van der Waals surface area contributed by atoms with Gasteiger partial charge in [0.15, 0.2) is 0 Å². The minimum Gasteiger partial charge on any atom is -0.481 e. The van der Waals surface area contributed by atoms with Gasteiger partial charge in [-0.15, -0.1) is 0 Å². The highest BCUT2D eigenvalue weighted by atomic mass is 16.4. The van der Waals surface area contributed by atoms with Gasteiger partial charge in [-0.3, -0.25) is 4.79 Å². The largest absolute Gasteiger partial charge is 0.481 e. The van der Waals surface area contributed by atoms with E-state index in [2.05, 4.69) is 0 Å². The third-order valence-corrected chi connectivity index (χ3v) is 2.25. The standard InChI is InChI=1S/C7H12O5.H2O/c8-4-2-1-3(7(11)12)5(9)6(4)10;/h3-6,8-10H,1-2H2,(H,11,12);1H2. The third kappa shape index (κ3) is 2.38. The fraction of sp³-hybridized carbons (Fsp3) is 0.857. The number of aliphatic carboxylic acids is 1. The predicted molar refractivity (Wildman–Crippen MR) is 42.0 cm³/mol. The summed E-state index contributed by atoms with van der Waals surface area (Å²) in [5.74, 6) is -2.09. The van der Waals surface area contributed by atoms with Crippen molar-refractivity contribution in [3.63, 3.8) is 0 Å². The number of rotatable bonds is 1. The van der Waals surface area contributed by atoms with Crippen LogP contribution in [0.3, 0.4) is 0 Å². The van der Waals surface area contributed by atoms with Gasteiger partial charge in [-0.2, -0.15) is 0 Å². The van der Waals surface area contributed by atoms with Crippen molar-refractivity contribution in [1.29, 1.82) is 0 Å². The smallest absolute Gasteiger partial charge is 0.309 e. The first-order valence-corrected chi connectivity index (χ1v) is 3.81. The van der Waals surface area contributed by atoms with Crippen molar-refractivity contribution in [2.75, 3.05) is 0 Å². The first-order valence-electron chi connectivity index (χ1n) is 3.81. The summed E-state index contributed by atoms with van der Waals surface area (Å²) in [5, 5.41) is 35.9. The maximum absolute atomic E-state index is 10.5. The second kappa shape index (κ2) is 4.52. The Bertz CT molecular complexity index is 182. The van der Waals surface area contributed by atoms with Crippen molar-refractivity contribution in [1.82, 2.24) is 0 Å². The molecule has 0 amide bonds. The van der Waals surface area contributed by atoms with Gasteiger partial charge in [-0.25, -0.2) is 0 Å². The molecule has 1 fully saturated rings. The Morgan fingerprint density at radius 1 is 1.08 bits per heavy atom. The summed E-state index contributed by atoms with van der Waals surface area (Å²) in [7, 11) is 0. The Morgan fingerprint density at radius 3 is 2.08 bits per heavy atom. The van der Waals surface area contributed by atoms with Crippen molar-refractivity contribution in [2.24, 2.45) is 5.92 Å². The first kappa shape index (κ1) is 12.3. The zero-order valence-corrected chi connectivity index (χ0v) is 6.92. The molecule has 0 spiro atoms. The van der Waals surface area contributed by atoms with Gasteiger partial charge in [0.05, 0.1) is 18.1 Å². The van der Waals surface area contributed by atoms with Crippen LogP contribution in [0.4, 0.5) is 0 Å². The molecular formula is C7H14O6. The van der Waals surface area contributed by atoms with E-state index in [1.165, 1.54) is 0 Å². The normalized spacial score (nSPS) is 39.3. The molecule has 0 aromatic carbocycles. The zero-order chi connectivity index (χ0) is 9.30. The molecule has 1 aliphatic carbocycles. The summed E-state index contributed by atoms with van der Waals surface area (Å²) >= 11 is 0. The molecule has 6 heteroatoms.